The molecular weight excluding hydrogens is 944 g/mol. The Bertz CT molecular complexity index is 1230. The van der Waals surface area contributed by atoms with Crippen molar-refractivity contribution >= 4 is 68.3 Å². The largest absolute Gasteiger partial charge is 0.394 e. The lowest BCUT2D eigenvalue weighted by molar-refractivity contribution is -0.361. The van der Waals surface area contributed by atoms with Crippen molar-refractivity contribution in [2.75, 3.05) is 33.0 Å². The molecule has 0 bridgehead atoms. The number of hydrogen-bond acceptors (Lipinski definition) is 26. The fourth-order valence-electron chi connectivity index (χ4n) is 6.78. The van der Waals surface area contributed by atoms with Gasteiger partial charge in [-0.3, -0.25) is 0 Å². The second-order valence-corrected chi connectivity index (χ2v) is 14.0. The monoisotopic (exact) mass is 1000 g/mol. The fourth-order valence-corrected chi connectivity index (χ4v) is 6.78. The van der Waals surface area contributed by atoms with Crippen molar-refractivity contribution in [1.82, 2.24) is 0 Å². The molecule has 0 radical (unpaired) electrons. The van der Waals surface area contributed by atoms with Gasteiger partial charge in [0, 0.05) is 0 Å². The first-order chi connectivity index (χ1) is 26.5. The van der Waals surface area contributed by atoms with Gasteiger partial charge in [0.05, 0.1) is 63.2 Å². The zero-order valence-electron chi connectivity index (χ0n) is 31.9. The van der Waals surface area contributed by atoms with Crippen molar-refractivity contribution < 1.29 is 104 Å². The summed E-state index contributed by atoms with van der Waals surface area (Å²) in [5.74, 6) is 0. The lowest BCUT2D eigenvalue weighted by Crippen LogP contribution is -2.70. The van der Waals surface area contributed by atoms with Crippen LogP contribution in [0.3, 0.4) is 0 Å². The van der Waals surface area contributed by atoms with Crippen LogP contribution < -0.4 is 28.7 Å². The molecule has 4 rings (SSSR count). The number of aldehydes is 1. The summed E-state index contributed by atoms with van der Waals surface area (Å²) in [7, 11) is 0. The van der Waals surface area contributed by atoms with Gasteiger partial charge in [-0.2, -0.15) is 0 Å². The lowest BCUT2D eigenvalue weighted by atomic mass is 9.94. The topological polar surface area (TPSA) is 464 Å². The highest BCUT2D eigenvalue weighted by Crippen LogP contribution is 2.33. The van der Waals surface area contributed by atoms with Gasteiger partial charge in [0.15, 0.2) is 25.2 Å². The van der Waals surface area contributed by atoms with Gasteiger partial charge >= 0.3 is 0 Å². The van der Waals surface area contributed by atoms with Crippen molar-refractivity contribution in [3.05, 3.63) is 0 Å². The van der Waals surface area contributed by atoms with Crippen LogP contribution in [-0.4, -0.2) is 248 Å². The van der Waals surface area contributed by atoms with E-state index in [0.29, 0.717) is 0 Å². The van der Waals surface area contributed by atoms with Gasteiger partial charge in [0.1, 0.15) is 97.8 Å². The summed E-state index contributed by atoms with van der Waals surface area (Å²) in [6.45, 7) is -4.20. The first kappa shape index (κ1) is 63.2. The van der Waals surface area contributed by atoms with Crippen LogP contribution in [0.4, 0.5) is 0 Å². The minimum absolute atomic E-state index is 0. The third-order valence-electron chi connectivity index (χ3n) is 10.2. The van der Waals surface area contributed by atoms with E-state index in [0.717, 1.165) is 0 Å². The van der Waals surface area contributed by atoms with E-state index in [4.69, 9.17) is 66.6 Å². The van der Waals surface area contributed by atoms with Crippen LogP contribution in [0, 0.1) is 0 Å². The maximum absolute atomic E-state index is 11.3. The van der Waals surface area contributed by atoms with E-state index in [2.05, 4.69) is 0 Å². The molecule has 0 aromatic rings. The van der Waals surface area contributed by atoms with Gasteiger partial charge in [0.25, 0.3) is 0 Å². The molecule has 4 heterocycles. The highest BCUT2D eigenvalue weighted by Gasteiger charge is 2.54. The molecule has 0 aromatic carbocycles. The van der Waals surface area contributed by atoms with Crippen LogP contribution >= 0.6 is 62.0 Å². The minimum atomic E-state index is -1.87. The Morgan fingerprint density at radius 1 is 0.508 bits per heavy atom. The van der Waals surface area contributed by atoms with Gasteiger partial charge in [-0.25, -0.2) is 0 Å². The molecule has 0 aromatic heterocycles. The maximum atomic E-state index is 11.3. The van der Waals surface area contributed by atoms with E-state index in [1.165, 1.54) is 0 Å². The van der Waals surface area contributed by atoms with Crippen LogP contribution in [0.5, 0.6) is 0 Å². The van der Waals surface area contributed by atoms with Crippen LogP contribution in [-0.2, 0) is 42.7 Å². The van der Waals surface area contributed by atoms with E-state index in [-0.39, 0.29) is 68.3 Å². The molecule has 0 spiro atoms. The summed E-state index contributed by atoms with van der Waals surface area (Å²) < 4.78 is 45.5. The first-order valence-electron chi connectivity index (χ1n) is 17.8. The third kappa shape index (κ3) is 14.1. The zero-order chi connectivity index (χ0) is 41.8. The number of halogens is 5. The van der Waals surface area contributed by atoms with Crippen molar-refractivity contribution in [2.45, 2.75) is 147 Å². The molecule has 4 aliphatic rings. The molecule has 4 fully saturated rings. The number of aliphatic hydroxyl groups is 12. The molecule has 22 N–H and O–H groups in total. The molecule has 61 heavy (non-hydrogen) atoms. The number of ether oxygens (including phenoxy) is 8. The Kier molecular flexibility index (Phi) is 29.4. The van der Waals surface area contributed by atoms with Crippen LogP contribution in [0.25, 0.3) is 0 Å². The molecule has 4 aliphatic heterocycles. The Hall–Kier alpha value is 0.120. The number of carbonyl (C=O) groups excluding carboxylic acids is 1. The van der Waals surface area contributed by atoms with Gasteiger partial charge in [-0.05, 0) is 0 Å². The molecule has 4 saturated heterocycles. The van der Waals surface area contributed by atoms with E-state index in [1.54, 1.807) is 0 Å². The van der Waals surface area contributed by atoms with Gasteiger partial charge in [-0.1, -0.05) is 0 Å². The number of carbonyl (C=O) groups is 1. The second kappa shape index (κ2) is 28.3. The summed E-state index contributed by atoms with van der Waals surface area (Å²) >= 11 is 0. The average Bonchev–Trinajstić information content (AvgIpc) is 3.20. The Morgan fingerprint density at radius 2 is 0.820 bits per heavy atom. The van der Waals surface area contributed by atoms with E-state index in [9.17, 15) is 66.1 Å². The van der Waals surface area contributed by atoms with Gasteiger partial charge in [0.2, 0.25) is 0 Å². The van der Waals surface area contributed by atoms with Crippen molar-refractivity contribution in [3.63, 3.8) is 0 Å². The van der Waals surface area contributed by atoms with E-state index >= 15 is 0 Å². The predicted molar refractivity (Wildman–Crippen MR) is 214 cm³/mol. The number of hydrogen-bond donors (Lipinski definition) is 17. The smallest absolute Gasteiger partial charge is 0.176 e. The Morgan fingerprint density at radius 3 is 1.15 bits per heavy atom. The first-order valence-corrected chi connectivity index (χ1v) is 17.8. The van der Waals surface area contributed by atoms with E-state index in [1.807, 2.05) is 0 Å². The van der Waals surface area contributed by atoms with Crippen LogP contribution in [0.1, 0.15) is 0 Å². The molecule has 31 heteroatoms. The lowest BCUT2D eigenvalue weighted by Gasteiger charge is -2.50. The summed E-state index contributed by atoms with van der Waals surface area (Å²) in [5.41, 5.74) is 30.1. The molecule has 26 nitrogen and oxygen atoms in total. The number of nitrogens with two attached hydrogens (primary N) is 5. The van der Waals surface area contributed by atoms with Crippen molar-refractivity contribution in [1.29, 1.82) is 0 Å². The summed E-state index contributed by atoms with van der Waals surface area (Å²) in [5, 5.41) is 124. The number of aliphatic hydroxyl groups excluding tert-OH is 12. The molecule has 0 amide bonds. The van der Waals surface area contributed by atoms with Crippen LogP contribution in [0.2, 0.25) is 0 Å². The Balaban J connectivity index is 0. The normalized spacial score (nSPS) is 43.3. The molecular formula is C30H62Cl5N5O21. The molecule has 0 aliphatic carbocycles. The fraction of sp³-hybridized carbons (Fsp3) is 0.967. The third-order valence-corrected chi connectivity index (χ3v) is 10.2. The zero-order valence-corrected chi connectivity index (χ0v) is 36.0. The van der Waals surface area contributed by atoms with Crippen LogP contribution in [0.15, 0.2) is 0 Å². The van der Waals surface area contributed by atoms with E-state index < -0.39 is 180 Å². The highest BCUT2D eigenvalue weighted by molar-refractivity contribution is 5.86. The molecule has 0 saturated carbocycles. The number of rotatable bonds is 17. The summed E-state index contributed by atoms with van der Waals surface area (Å²) in [6.07, 6.45) is -30.4. The molecule has 24 atom stereocenters. The second-order valence-electron chi connectivity index (χ2n) is 14.0. The summed E-state index contributed by atoms with van der Waals surface area (Å²) in [4.78, 5) is 11.1. The molecule has 0 unspecified atom stereocenters. The van der Waals surface area contributed by atoms with Gasteiger partial charge in [-0.15, -0.1) is 62.0 Å². The standard InChI is InChI=1S/C30H57N5O21.5ClH/c31-7(1-36)17(43)23(8(42)2-37)53-28-14(33)20(46)25(10(4-39)50-28)55-30-16(35)22(48)26(12(6-41)52-30)56-29-15(34)21(47)24(11(5-40)51-29)54-27-13(32)19(45)18(44)9(3-38)49-27;;;;;/h1,7-30,37-48H,2-6,31-35H2;5*1H/t7-,8+,9+,10+,11+,12+,13+,14+,15+,16+,17+,18+,19+,20+,21+,22+,23+,24+,25+,26+,27-,28-,29-,30-;;;;;/m0...../s1. The predicted octanol–water partition coefficient (Wildman–Crippen LogP) is -10.1. The Labute approximate surface area is 379 Å². The summed E-state index contributed by atoms with van der Waals surface area (Å²) in [6, 6.07) is -7.52. The maximum Gasteiger partial charge on any atom is 0.176 e. The van der Waals surface area contributed by atoms with Crippen molar-refractivity contribution in [3.8, 4) is 0 Å². The molecule has 368 valence electrons. The highest BCUT2D eigenvalue weighted by atomic mass is 35.5. The van der Waals surface area contributed by atoms with Crippen molar-refractivity contribution in [2.24, 2.45) is 28.7 Å². The minimum Gasteiger partial charge on any atom is -0.394 e. The quantitative estimate of drug-likeness (QED) is 0.0602. The van der Waals surface area contributed by atoms with Gasteiger partial charge < -0.3 is 133 Å². The average molecular weight is 1010 g/mol. The SMILES string of the molecule is Cl.Cl.Cl.Cl.Cl.N[C@H]1[C@H](O[C@H]2[C@H](O)[C@@H](N)[C@H](O[C@H]3[C@H](O)[C@@H](N)[C@H](O[C@H]4[C@H](O)[C@@H](N)[C@H](O[C@@H]([C@H](O)[C@@H](N)C=O)[C@H](O)CO)O[C@@H]4CO)O[C@@H]3CO)O[C@@H]2CO)O[C@H](CO)[C@@H](O)[C@@H]1O.